The first-order valence-corrected chi connectivity index (χ1v) is 6.77. The molecule has 0 radical (unpaired) electrons. The molecule has 0 amide bonds. The van der Waals surface area contributed by atoms with E-state index in [0.717, 1.165) is 0 Å². The minimum Gasteiger partial charge on any atom is -0.396 e. The van der Waals surface area contributed by atoms with Gasteiger partial charge in [-0.15, -0.1) is 0 Å². The fraction of sp³-hybridized carbons (Fsp3) is 0.727. The summed E-state index contributed by atoms with van der Waals surface area (Å²) in [6, 6.07) is 0.0706. The van der Waals surface area contributed by atoms with Gasteiger partial charge in [0.25, 0.3) is 0 Å². The molecule has 1 atom stereocenters. The highest BCUT2D eigenvalue weighted by molar-refractivity contribution is 8.00. The van der Waals surface area contributed by atoms with Crippen molar-refractivity contribution in [3.05, 3.63) is 15.8 Å². The number of aliphatic hydroxyl groups excluding tert-OH is 1. The summed E-state index contributed by atoms with van der Waals surface area (Å²) in [7, 11) is 0. The number of aromatic nitrogens is 2. The average molecular weight is 273 g/mol. The maximum Gasteiger partial charge on any atom is 0.323 e. The molecule has 18 heavy (non-hydrogen) atoms. The maximum absolute atomic E-state index is 11.1. The van der Waals surface area contributed by atoms with Crippen LogP contribution in [0, 0.1) is 17.0 Å². The zero-order chi connectivity index (χ0) is 13.9. The van der Waals surface area contributed by atoms with Crippen molar-refractivity contribution < 1.29 is 10.0 Å². The number of hydrogen-bond acceptors (Lipinski definition) is 5. The predicted molar refractivity (Wildman–Crippen MR) is 71.0 cm³/mol. The fourth-order valence-corrected chi connectivity index (χ4v) is 2.92. The lowest BCUT2D eigenvalue weighted by Crippen LogP contribution is -2.08. The van der Waals surface area contributed by atoms with Crippen molar-refractivity contribution in [2.75, 3.05) is 6.61 Å². The third kappa shape index (κ3) is 3.23. The molecule has 1 heterocycles. The zero-order valence-corrected chi connectivity index (χ0v) is 11.9. The molecule has 0 fully saturated rings. The van der Waals surface area contributed by atoms with Crippen LogP contribution in [0.15, 0.2) is 5.03 Å². The Kier molecular flexibility index (Phi) is 5.15. The van der Waals surface area contributed by atoms with Crippen molar-refractivity contribution in [1.29, 1.82) is 0 Å². The molecule has 7 heteroatoms. The Hall–Kier alpha value is -1.08. The molecule has 1 rings (SSSR count). The molecule has 1 N–H and O–H groups in total. The van der Waals surface area contributed by atoms with Gasteiger partial charge >= 0.3 is 5.69 Å². The quantitative estimate of drug-likeness (QED) is 0.489. The normalized spacial score (nSPS) is 13.0. The number of hydrogen-bond donors (Lipinski definition) is 1. The van der Waals surface area contributed by atoms with Crippen molar-refractivity contribution in [2.24, 2.45) is 0 Å². The van der Waals surface area contributed by atoms with Crippen molar-refractivity contribution >= 4 is 17.4 Å². The lowest BCUT2D eigenvalue weighted by atomic mass is 10.3. The highest BCUT2D eigenvalue weighted by Gasteiger charge is 2.27. The van der Waals surface area contributed by atoms with Gasteiger partial charge < -0.3 is 5.11 Å². The number of aryl methyl sites for hydroxylation is 1. The summed E-state index contributed by atoms with van der Waals surface area (Å²) in [6.45, 7) is 7.56. The monoisotopic (exact) mass is 273 g/mol. The van der Waals surface area contributed by atoms with Gasteiger partial charge in [-0.1, -0.05) is 18.7 Å². The van der Waals surface area contributed by atoms with Crippen LogP contribution in [-0.2, 0) is 0 Å². The molecule has 0 aliphatic heterocycles. The Morgan fingerprint density at radius 2 is 2.11 bits per heavy atom. The van der Waals surface area contributed by atoms with E-state index in [-0.39, 0.29) is 28.5 Å². The highest BCUT2D eigenvalue weighted by Crippen LogP contribution is 2.36. The molecule has 0 spiro atoms. The van der Waals surface area contributed by atoms with E-state index in [1.165, 1.54) is 11.8 Å². The third-order valence-electron chi connectivity index (χ3n) is 2.53. The van der Waals surface area contributed by atoms with Crippen LogP contribution in [0.1, 0.15) is 38.9 Å². The van der Waals surface area contributed by atoms with Crippen LogP contribution in [0.5, 0.6) is 0 Å². The van der Waals surface area contributed by atoms with E-state index in [1.807, 2.05) is 20.8 Å². The summed E-state index contributed by atoms with van der Waals surface area (Å²) in [6.07, 6.45) is 0.601. The third-order valence-corrected chi connectivity index (χ3v) is 3.77. The van der Waals surface area contributed by atoms with Crippen molar-refractivity contribution in [3.63, 3.8) is 0 Å². The van der Waals surface area contributed by atoms with Gasteiger partial charge in [0, 0.05) is 17.9 Å². The van der Waals surface area contributed by atoms with Crippen LogP contribution >= 0.6 is 11.8 Å². The Bertz CT molecular complexity index is 431. The number of nitro groups is 1. The van der Waals surface area contributed by atoms with Gasteiger partial charge in [0.1, 0.15) is 5.69 Å². The molecule has 0 bridgehead atoms. The first-order chi connectivity index (χ1) is 8.38. The predicted octanol–water partition coefficient (Wildman–Crippen LogP) is 2.54. The smallest absolute Gasteiger partial charge is 0.323 e. The highest BCUT2D eigenvalue weighted by atomic mass is 32.2. The van der Waals surface area contributed by atoms with Gasteiger partial charge in [0.05, 0.1) is 4.92 Å². The second-order valence-electron chi connectivity index (χ2n) is 4.48. The summed E-state index contributed by atoms with van der Waals surface area (Å²) in [5.74, 6) is 0. The van der Waals surface area contributed by atoms with E-state index in [2.05, 4.69) is 5.10 Å². The number of aliphatic hydroxyl groups is 1. The number of thioether (sulfide) groups is 1. The Balaban J connectivity index is 3.15. The van der Waals surface area contributed by atoms with E-state index < -0.39 is 0 Å². The van der Waals surface area contributed by atoms with Crippen molar-refractivity contribution in [1.82, 2.24) is 9.78 Å². The minimum atomic E-state index is -0.380. The largest absolute Gasteiger partial charge is 0.396 e. The van der Waals surface area contributed by atoms with Gasteiger partial charge in [-0.05, 0) is 27.2 Å². The van der Waals surface area contributed by atoms with E-state index in [9.17, 15) is 10.1 Å². The molecular formula is C11H19N3O3S. The van der Waals surface area contributed by atoms with E-state index >= 15 is 0 Å². The van der Waals surface area contributed by atoms with Crippen LogP contribution in [0.4, 0.5) is 5.69 Å². The van der Waals surface area contributed by atoms with Crippen LogP contribution in [0.2, 0.25) is 0 Å². The maximum atomic E-state index is 11.1. The van der Waals surface area contributed by atoms with Gasteiger partial charge in [0.15, 0.2) is 5.03 Å². The van der Waals surface area contributed by atoms with Gasteiger partial charge in [-0.3, -0.25) is 10.1 Å². The van der Waals surface area contributed by atoms with Crippen LogP contribution in [-0.4, -0.2) is 31.7 Å². The summed E-state index contributed by atoms with van der Waals surface area (Å²) in [5.41, 5.74) is 0.519. The first kappa shape index (κ1) is 15.0. The SMILES string of the molecule is Cc1nn(C(C)C)c(SC(C)CCO)c1[N+](=O)[O-]. The Morgan fingerprint density at radius 3 is 2.56 bits per heavy atom. The average Bonchev–Trinajstić information content (AvgIpc) is 2.55. The minimum absolute atomic E-state index is 0.0706. The molecule has 0 saturated heterocycles. The number of rotatable bonds is 6. The zero-order valence-electron chi connectivity index (χ0n) is 11.1. The van der Waals surface area contributed by atoms with Crippen LogP contribution < -0.4 is 0 Å². The lowest BCUT2D eigenvalue weighted by molar-refractivity contribution is -0.388. The Morgan fingerprint density at radius 1 is 1.50 bits per heavy atom. The van der Waals surface area contributed by atoms with Gasteiger partial charge in [-0.25, -0.2) is 4.68 Å². The summed E-state index contributed by atoms with van der Waals surface area (Å²) >= 11 is 1.40. The molecule has 1 aromatic heterocycles. The Labute approximate surface area is 111 Å². The van der Waals surface area contributed by atoms with E-state index in [0.29, 0.717) is 17.1 Å². The second-order valence-corrected chi connectivity index (χ2v) is 5.90. The van der Waals surface area contributed by atoms with Crippen molar-refractivity contribution in [3.8, 4) is 0 Å². The summed E-state index contributed by atoms with van der Waals surface area (Å²) < 4.78 is 1.69. The number of nitrogens with zero attached hydrogens (tertiary/aromatic N) is 3. The van der Waals surface area contributed by atoms with Gasteiger partial charge in [0.2, 0.25) is 0 Å². The molecule has 0 aliphatic carbocycles. The molecule has 0 aromatic carbocycles. The standard InChI is InChI=1S/C11H19N3O3S/c1-7(2)13-11(18-8(3)5-6-15)10(14(16)17)9(4)12-13/h7-8,15H,5-6H2,1-4H3. The molecule has 0 aliphatic rings. The van der Waals surface area contributed by atoms with Crippen LogP contribution in [0.25, 0.3) is 0 Å². The summed E-state index contributed by atoms with van der Waals surface area (Å²) in [4.78, 5) is 10.7. The first-order valence-electron chi connectivity index (χ1n) is 5.89. The van der Waals surface area contributed by atoms with E-state index in [1.54, 1.807) is 11.6 Å². The fourth-order valence-electron chi connectivity index (χ4n) is 1.62. The van der Waals surface area contributed by atoms with Crippen molar-refractivity contribution in [2.45, 2.75) is 50.4 Å². The summed E-state index contributed by atoms with van der Waals surface area (Å²) in [5, 5.41) is 24.9. The molecule has 6 nitrogen and oxygen atoms in total. The lowest BCUT2D eigenvalue weighted by Gasteiger charge is -2.13. The van der Waals surface area contributed by atoms with Crippen LogP contribution in [0.3, 0.4) is 0 Å². The second kappa shape index (κ2) is 6.19. The molecule has 102 valence electrons. The van der Waals surface area contributed by atoms with Gasteiger partial charge in [-0.2, -0.15) is 5.10 Å². The van der Waals surface area contributed by atoms with E-state index in [4.69, 9.17) is 5.11 Å². The topological polar surface area (TPSA) is 81.2 Å². The molecular weight excluding hydrogens is 254 g/mol. The molecule has 1 aromatic rings. The molecule has 1 unspecified atom stereocenters. The molecule has 0 saturated carbocycles.